The first-order valence-electron chi connectivity index (χ1n) is 33.1. The van der Waals surface area contributed by atoms with Crippen LogP contribution in [0.2, 0.25) is 0 Å². The fraction of sp³-hybridized carbons (Fsp3) is 0.642. The lowest BCUT2D eigenvalue weighted by Gasteiger charge is -2.42. The summed E-state index contributed by atoms with van der Waals surface area (Å²) in [5.41, 5.74) is 5.44. The van der Waals surface area contributed by atoms with Crippen molar-refractivity contribution in [3.63, 3.8) is 0 Å². The molecular weight excluding hydrogens is 1290 g/mol. The summed E-state index contributed by atoms with van der Waals surface area (Å²) in [5.74, 6) is -7.24. The number of aliphatic hydroxyl groups is 2. The second-order valence-electron chi connectivity index (χ2n) is 25.7. The number of nitrogens with two attached hydrogens (primary N) is 1. The van der Waals surface area contributed by atoms with Crippen LogP contribution < -0.4 is 37.6 Å². The number of primary amides is 1. The first kappa shape index (κ1) is 84.6. The van der Waals surface area contributed by atoms with Gasteiger partial charge in [0.15, 0.2) is 0 Å². The molecule has 0 aromatic heterocycles. The SMILES string of the molecule is CC[C@H](C)[C@@H]([C@@H](CC(=O)N(CC)[C@@H](C)[C@H](OC)[C@@H](C)C(O)N[C@H](C)[C@@H](O)c1ccccc1)OC)N(C)C(=O)[C@@H](NC(=O)[C@H](C(C)C)N(C)C(=O)OCc1ccc(NC(=O)C(CCCNC(N)=O)NC(=O)[C@@H](NC(=O)CCOCCN2C(=O)C=CC2=O)C(C)C)cc1S(=O)(=O)O)C(C)C. The topological polar surface area (TPSA) is 414 Å². The fourth-order valence-electron chi connectivity index (χ4n) is 11.7. The highest BCUT2D eigenvalue weighted by atomic mass is 32.2. The number of carbonyl (C=O) groups excluding carboxylic acids is 10. The number of benzene rings is 2. The van der Waals surface area contributed by atoms with Crippen LogP contribution in [0.5, 0.6) is 0 Å². The van der Waals surface area contributed by atoms with Crippen molar-refractivity contribution in [1.29, 1.82) is 0 Å². The van der Waals surface area contributed by atoms with Gasteiger partial charge in [-0.25, -0.2) is 9.59 Å². The highest BCUT2D eigenvalue weighted by molar-refractivity contribution is 7.85. The lowest BCUT2D eigenvalue weighted by molar-refractivity contribution is -0.148. The van der Waals surface area contributed by atoms with Crippen LogP contribution in [-0.4, -0.2) is 224 Å². The van der Waals surface area contributed by atoms with Crippen LogP contribution in [0, 0.1) is 29.6 Å². The molecular formula is C67H107N11O19S. The Hall–Kier alpha value is -7.65. The molecule has 0 spiro atoms. The molecule has 0 bridgehead atoms. The Balaban J connectivity index is 1.78. The van der Waals surface area contributed by atoms with Gasteiger partial charge in [-0.2, -0.15) is 8.42 Å². The van der Waals surface area contributed by atoms with Crippen LogP contribution in [-0.2, 0) is 74.0 Å². The number of anilines is 1. The number of ether oxygens (including phenoxy) is 4. The Morgan fingerprint density at radius 3 is 1.91 bits per heavy atom. The molecule has 2 aromatic rings. The number of likely N-dealkylation sites (N-methyl/N-ethyl adjacent to an activating group) is 3. The van der Waals surface area contributed by atoms with E-state index in [0.29, 0.717) is 12.0 Å². The summed E-state index contributed by atoms with van der Waals surface area (Å²) in [5, 5.41) is 38.4. The van der Waals surface area contributed by atoms with E-state index in [1.807, 2.05) is 45.9 Å². The molecule has 13 atom stereocenters. The fourth-order valence-corrected chi connectivity index (χ4v) is 12.5. The minimum atomic E-state index is -5.12. The zero-order chi connectivity index (χ0) is 74.1. The molecule has 2 aromatic carbocycles. The lowest BCUT2D eigenvalue weighted by atomic mass is 9.89. The monoisotopic (exact) mass is 1400 g/mol. The molecule has 11 amide bonds. The van der Waals surface area contributed by atoms with Gasteiger partial charge >= 0.3 is 12.1 Å². The van der Waals surface area contributed by atoms with Gasteiger partial charge in [0.25, 0.3) is 21.9 Å². The molecule has 0 aliphatic carbocycles. The summed E-state index contributed by atoms with van der Waals surface area (Å²) in [6.45, 7) is 20.4. The molecule has 0 saturated heterocycles. The van der Waals surface area contributed by atoms with Crippen LogP contribution in [0.25, 0.3) is 0 Å². The Morgan fingerprint density at radius 2 is 1.37 bits per heavy atom. The summed E-state index contributed by atoms with van der Waals surface area (Å²) in [6, 6.07) is 4.66. The van der Waals surface area contributed by atoms with Gasteiger partial charge in [-0.15, -0.1) is 0 Å². The molecule has 1 heterocycles. The Bertz CT molecular complexity index is 3120. The summed E-state index contributed by atoms with van der Waals surface area (Å²) in [6.07, 6.45) is -2.25. The molecule has 2 unspecified atom stereocenters. The van der Waals surface area contributed by atoms with Crippen LogP contribution >= 0.6 is 0 Å². The predicted octanol–water partition coefficient (Wildman–Crippen LogP) is 3.21. The van der Waals surface area contributed by atoms with E-state index in [-0.39, 0.29) is 81.6 Å². The second-order valence-corrected chi connectivity index (χ2v) is 27.1. The van der Waals surface area contributed by atoms with E-state index in [1.54, 1.807) is 79.5 Å². The number of imide groups is 1. The molecule has 30 nitrogen and oxygen atoms in total. The van der Waals surface area contributed by atoms with Gasteiger partial charge in [0.1, 0.15) is 41.9 Å². The summed E-state index contributed by atoms with van der Waals surface area (Å²) in [7, 11) is 0.682. The average molecular weight is 1400 g/mol. The quantitative estimate of drug-likeness (QED) is 0.0197. The van der Waals surface area contributed by atoms with E-state index in [1.165, 1.54) is 32.2 Å². The smallest absolute Gasteiger partial charge is 0.410 e. The van der Waals surface area contributed by atoms with Gasteiger partial charge in [0.05, 0.1) is 56.6 Å². The van der Waals surface area contributed by atoms with E-state index < -0.39 is 166 Å². The number of hydrogen-bond donors (Lipinski definition) is 10. The molecule has 98 heavy (non-hydrogen) atoms. The number of carbonyl (C=O) groups is 10. The first-order valence-corrected chi connectivity index (χ1v) is 34.6. The zero-order valence-corrected chi connectivity index (χ0v) is 60.3. The molecule has 0 saturated carbocycles. The highest BCUT2D eigenvalue weighted by Crippen LogP contribution is 2.28. The van der Waals surface area contributed by atoms with Crippen LogP contribution in [0.15, 0.2) is 65.6 Å². The van der Waals surface area contributed by atoms with Gasteiger partial charge in [0.2, 0.25) is 35.4 Å². The largest absolute Gasteiger partial charge is 0.444 e. The Labute approximate surface area is 576 Å². The lowest BCUT2D eigenvalue weighted by Crippen LogP contribution is -2.60. The third-order valence-electron chi connectivity index (χ3n) is 17.5. The maximum atomic E-state index is 14.8. The van der Waals surface area contributed by atoms with E-state index >= 15 is 0 Å². The van der Waals surface area contributed by atoms with Crippen molar-refractivity contribution < 1.29 is 90.1 Å². The Morgan fingerprint density at radius 1 is 0.745 bits per heavy atom. The molecule has 11 N–H and O–H groups in total. The normalized spacial score (nSPS) is 16.5. The summed E-state index contributed by atoms with van der Waals surface area (Å²) in [4.78, 5) is 138. The molecule has 0 fully saturated rings. The van der Waals surface area contributed by atoms with E-state index in [2.05, 4.69) is 31.9 Å². The van der Waals surface area contributed by atoms with Crippen molar-refractivity contribution in [3.05, 3.63) is 71.8 Å². The average Bonchev–Trinajstić information content (AvgIpc) is 0.990. The van der Waals surface area contributed by atoms with Crippen molar-refractivity contribution >= 4 is 75.2 Å². The van der Waals surface area contributed by atoms with Crippen LogP contribution in [0.1, 0.15) is 132 Å². The van der Waals surface area contributed by atoms with Crippen LogP contribution in [0.4, 0.5) is 15.3 Å². The number of hydrogen-bond acceptors (Lipinski definition) is 19. The second kappa shape index (κ2) is 40.4. The van der Waals surface area contributed by atoms with Gasteiger partial charge in [-0.05, 0) is 75.0 Å². The summed E-state index contributed by atoms with van der Waals surface area (Å²) >= 11 is 0. The number of amides is 11. The maximum absolute atomic E-state index is 14.8. The van der Waals surface area contributed by atoms with Gasteiger partial charge in [-0.1, -0.05) is 105 Å². The predicted molar refractivity (Wildman–Crippen MR) is 363 cm³/mol. The van der Waals surface area contributed by atoms with Crippen LogP contribution in [0.3, 0.4) is 0 Å². The molecule has 550 valence electrons. The van der Waals surface area contributed by atoms with Crippen molar-refractivity contribution in [2.75, 3.05) is 66.5 Å². The van der Waals surface area contributed by atoms with Gasteiger partial charge < -0.3 is 71.3 Å². The molecule has 1 aliphatic heterocycles. The van der Waals surface area contributed by atoms with Crippen molar-refractivity contribution in [2.24, 2.45) is 35.3 Å². The van der Waals surface area contributed by atoms with E-state index in [4.69, 9.17) is 24.7 Å². The van der Waals surface area contributed by atoms with Crippen molar-refractivity contribution in [2.45, 2.75) is 194 Å². The number of nitrogens with zero attached hydrogens (tertiary/aromatic N) is 4. The minimum Gasteiger partial charge on any atom is -0.444 e. The number of nitrogens with one attached hydrogen (secondary N) is 6. The standard InChI is InChI=1S/C67H107N11O19S/c1-17-41(9)58(49(94-15)36-54(82)77(18-2)44(12)60(95-16)42(10)61(84)70-43(11)59(83)45-23-20-19-21-24-45)75(13)65(88)56(39(5)6)74-64(87)57(40(7)8)76(14)67(90)97-37-46-26-27-47(35-50(46)98(91,92)93)71-62(85)48(25-22-31-69-66(68)89)72-63(86)55(38(3)4)73-51(79)30-33-96-34-32-78-52(80)28-29-53(78)81/h19-21,23-24,26-29,35,38-44,48-49,55-61,70,83-84H,17-18,22,25,30-34,36-37H2,1-16H3,(H,71,85)(H,72,86)(H,73,79)(H,74,87)(H3,68,69,89)(H,91,92,93)/t41-,42+,43+,44-,48?,49+,55-,56-,57-,58-,59+,60+,61?/m0/s1. The molecule has 3 rings (SSSR count). The van der Waals surface area contributed by atoms with E-state index in [0.717, 1.165) is 34.1 Å². The molecule has 0 radical (unpaired) electrons. The maximum Gasteiger partial charge on any atom is 0.410 e. The van der Waals surface area contributed by atoms with E-state index in [9.17, 15) is 71.1 Å². The zero-order valence-electron chi connectivity index (χ0n) is 59.4. The first-order chi connectivity index (χ1) is 46.0. The number of aliphatic hydroxyl groups excluding tert-OH is 2. The minimum absolute atomic E-state index is 0.0145. The van der Waals surface area contributed by atoms with Crippen molar-refractivity contribution in [3.8, 4) is 0 Å². The third kappa shape index (κ3) is 25.0. The highest BCUT2D eigenvalue weighted by Gasteiger charge is 2.42. The van der Waals surface area contributed by atoms with Gasteiger partial charge in [-0.3, -0.25) is 58.0 Å². The van der Waals surface area contributed by atoms with Crippen molar-refractivity contribution in [1.82, 2.24) is 46.2 Å². The third-order valence-corrected chi connectivity index (χ3v) is 18.5. The molecule has 31 heteroatoms. The number of urea groups is 1. The number of methoxy groups -OCH3 is 2. The number of rotatable bonds is 42. The van der Waals surface area contributed by atoms with Gasteiger partial charge in [0, 0.05) is 83.2 Å². The summed E-state index contributed by atoms with van der Waals surface area (Å²) < 4.78 is 59.3. The molecule has 1 aliphatic rings. The Kier molecular flexibility index (Phi) is 34.9.